The zero-order valence-corrected chi connectivity index (χ0v) is 6.95. The number of rotatable bonds is 0. The highest BCUT2D eigenvalue weighted by Crippen LogP contribution is 0.861. The van der Waals surface area contributed by atoms with E-state index in [1.807, 2.05) is 0 Å². The standard InChI is InChI=1S/4CH3N.H3P/c4*1-2;/h4*2H,1H2;1H3. The summed E-state index contributed by atoms with van der Waals surface area (Å²) < 4.78 is 0. The molecule has 1 atom stereocenters. The van der Waals surface area contributed by atoms with Crippen LogP contribution in [0.1, 0.15) is 0 Å². The normalized spacial score (nSPS) is 1.78. The van der Waals surface area contributed by atoms with E-state index in [0.717, 1.165) is 0 Å². The number of hydrogen-bond acceptors (Lipinski definition) is 4. The molecule has 0 aliphatic heterocycles. The summed E-state index contributed by atoms with van der Waals surface area (Å²) in [7, 11) is 0. The summed E-state index contributed by atoms with van der Waals surface area (Å²) in [5, 5.41) is 22.0. The van der Waals surface area contributed by atoms with Gasteiger partial charge in [-0.3, -0.25) is 0 Å². The zero-order valence-electron chi connectivity index (χ0n) is 5.54. The van der Waals surface area contributed by atoms with Crippen molar-refractivity contribution in [2.75, 3.05) is 0 Å². The molecule has 0 fully saturated rings. The van der Waals surface area contributed by atoms with Crippen LogP contribution in [0.3, 0.4) is 0 Å². The third-order valence-electron chi connectivity index (χ3n) is 0. The topological polar surface area (TPSA) is 95.4 Å². The summed E-state index contributed by atoms with van der Waals surface area (Å²) in [5.41, 5.74) is 0. The van der Waals surface area contributed by atoms with Crippen LogP contribution in [-0.4, -0.2) is 26.9 Å². The second-order valence-electron chi connectivity index (χ2n) is 0. The van der Waals surface area contributed by atoms with Crippen LogP contribution in [0, 0.1) is 21.6 Å². The molecule has 4 N–H and O–H groups in total. The van der Waals surface area contributed by atoms with Crippen LogP contribution in [0.2, 0.25) is 0 Å². The number of hydrogen-bond donors (Lipinski definition) is 4. The molecular formula is C4H15N4P. The fourth-order valence-corrected chi connectivity index (χ4v) is 0. The van der Waals surface area contributed by atoms with Crippen molar-refractivity contribution in [2.24, 2.45) is 0 Å². The Morgan fingerprint density at radius 2 is 0.444 bits per heavy atom. The Labute approximate surface area is 59.3 Å². The van der Waals surface area contributed by atoms with Crippen LogP contribution in [0.5, 0.6) is 0 Å². The zero-order chi connectivity index (χ0) is 8.00. The fourth-order valence-electron chi connectivity index (χ4n) is 0. The Morgan fingerprint density at radius 1 is 0.444 bits per heavy atom. The molecule has 1 unspecified atom stereocenters. The quantitative estimate of drug-likeness (QED) is 0.294. The molecule has 0 aromatic rings. The first-order chi connectivity index (χ1) is 4.00. The van der Waals surface area contributed by atoms with E-state index >= 15 is 0 Å². The summed E-state index contributed by atoms with van der Waals surface area (Å²) in [5.74, 6) is 0. The third-order valence-corrected chi connectivity index (χ3v) is 0. The summed E-state index contributed by atoms with van der Waals surface area (Å²) in [6.45, 7) is 10.0. The lowest BCUT2D eigenvalue weighted by atomic mass is 11.8. The van der Waals surface area contributed by atoms with Gasteiger partial charge >= 0.3 is 0 Å². The Hall–Kier alpha value is -0.890. The van der Waals surface area contributed by atoms with E-state index in [0.29, 0.717) is 0 Å². The lowest BCUT2D eigenvalue weighted by Crippen LogP contribution is -0.827. The maximum Gasteiger partial charge on any atom is -0.0187 e. The predicted octanol–water partition coefficient (Wildman–Crippen LogP) is 1.12. The molecule has 0 spiro atoms. The minimum absolute atomic E-state index is 0. The SMILES string of the molecule is C=N.C=N.C=N.C=N.P. The van der Waals surface area contributed by atoms with E-state index in [1.165, 1.54) is 0 Å². The summed E-state index contributed by atoms with van der Waals surface area (Å²) in [6, 6.07) is 0. The predicted molar refractivity (Wildman–Crippen MR) is 50.5 cm³/mol. The minimum atomic E-state index is 0. The molecule has 0 rings (SSSR count). The van der Waals surface area contributed by atoms with Crippen molar-refractivity contribution >= 4 is 36.8 Å². The lowest BCUT2D eigenvalue weighted by Gasteiger charge is -0.890. The van der Waals surface area contributed by atoms with Gasteiger partial charge in [-0.05, 0) is 26.9 Å². The van der Waals surface area contributed by atoms with Gasteiger partial charge in [-0.1, -0.05) is 0 Å². The van der Waals surface area contributed by atoms with Crippen molar-refractivity contribution in [3.8, 4) is 0 Å². The van der Waals surface area contributed by atoms with E-state index < -0.39 is 0 Å². The van der Waals surface area contributed by atoms with Crippen molar-refractivity contribution < 1.29 is 0 Å². The highest BCUT2D eigenvalue weighted by molar-refractivity contribution is 6.92. The van der Waals surface area contributed by atoms with E-state index in [1.54, 1.807) is 0 Å². The summed E-state index contributed by atoms with van der Waals surface area (Å²) in [4.78, 5) is 0. The van der Waals surface area contributed by atoms with Crippen LogP contribution in [0.4, 0.5) is 0 Å². The Morgan fingerprint density at radius 3 is 0.444 bits per heavy atom. The molecule has 0 aromatic heterocycles. The smallest absolute Gasteiger partial charge is 0.0187 e. The van der Waals surface area contributed by atoms with Gasteiger partial charge in [-0.2, -0.15) is 9.90 Å². The van der Waals surface area contributed by atoms with Crippen LogP contribution < -0.4 is 0 Å². The van der Waals surface area contributed by atoms with Gasteiger partial charge in [0, 0.05) is 0 Å². The second kappa shape index (κ2) is 335. The van der Waals surface area contributed by atoms with Crippen LogP contribution in [0.15, 0.2) is 0 Å². The maximum absolute atomic E-state index is 5.50. The molecule has 0 saturated heterocycles. The Kier molecular flexibility index (Phi) is 1580. The third kappa shape index (κ3) is 234. The first kappa shape index (κ1) is 42.4. The van der Waals surface area contributed by atoms with Crippen molar-refractivity contribution in [3.63, 3.8) is 0 Å². The van der Waals surface area contributed by atoms with Crippen LogP contribution in [0.25, 0.3) is 0 Å². The number of nitrogens with one attached hydrogen (secondary N) is 4. The van der Waals surface area contributed by atoms with E-state index in [2.05, 4.69) is 26.9 Å². The van der Waals surface area contributed by atoms with E-state index in [4.69, 9.17) is 21.6 Å². The van der Waals surface area contributed by atoms with Gasteiger partial charge < -0.3 is 21.6 Å². The molecule has 0 heterocycles. The van der Waals surface area contributed by atoms with Gasteiger partial charge in [0.1, 0.15) is 0 Å². The molecule has 0 amide bonds. The van der Waals surface area contributed by atoms with Gasteiger partial charge in [0.15, 0.2) is 0 Å². The van der Waals surface area contributed by atoms with E-state index in [-0.39, 0.29) is 9.90 Å². The van der Waals surface area contributed by atoms with Crippen molar-refractivity contribution in [2.45, 2.75) is 0 Å². The van der Waals surface area contributed by atoms with Gasteiger partial charge in [0.2, 0.25) is 0 Å². The van der Waals surface area contributed by atoms with Gasteiger partial charge in [-0.15, -0.1) is 0 Å². The first-order valence-corrected chi connectivity index (χ1v) is 1.41. The first-order valence-electron chi connectivity index (χ1n) is 1.41. The molecule has 0 aliphatic rings. The minimum Gasteiger partial charge on any atom is -0.317 e. The molecule has 0 bridgehead atoms. The molecule has 0 radical (unpaired) electrons. The van der Waals surface area contributed by atoms with Gasteiger partial charge in [0.25, 0.3) is 0 Å². The van der Waals surface area contributed by atoms with Crippen LogP contribution in [-0.2, 0) is 0 Å². The maximum atomic E-state index is 5.50. The molecule has 5 heteroatoms. The highest BCUT2D eigenvalue weighted by Gasteiger charge is 0.561. The van der Waals surface area contributed by atoms with E-state index in [9.17, 15) is 0 Å². The monoisotopic (exact) mass is 150 g/mol. The highest BCUT2D eigenvalue weighted by atomic mass is 31.0. The van der Waals surface area contributed by atoms with Gasteiger partial charge in [-0.25, -0.2) is 0 Å². The molecule has 0 aromatic carbocycles. The molecule has 0 aliphatic carbocycles. The van der Waals surface area contributed by atoms with Crippen LogP contribution >= 0.6 is 9.90 Å². The average Bonchev–Trinajstić information content (AvgIpc) is 2.03. The van der Waals surface area contributed by atoms with Gasteiger partial charge in [0.05, 0.1) is 0 Å². The van der Waals surface area contributed by atoms with Crippen molar-refractivity contribution in [1.82, 2.24) is 0 Å². The van der Waals surface area contributed by atoms with Crippen molar-refractivity contribution in [1.29, 1.82) is 21.6 Å². The Balaban J connectivity index is -0.00000000762. The summed E-state index contributed by atoms with van der Waals surface area (Å²) >= 11 is 0. The largest absolute Gasteiger partial charge is 0.317 e. The summed E-state index contributed by atoms with van der Waals surface area (Å²) in [6.07, 6.45) is 0. The second-order valence-corrected chi connectivity index (χ2v) is 0. The molecule has 56 valence electrons. The molecular weight excluding hydrogens is 135 g/mol. The molecule has 9 heavy (non-hydrogen) atoms. The average molecular weight is 150 g/mol. The lowest BCUT2D eigenvalue weighted by molar-refractivity contribution is 1.61. The Bertz CT molecular complexity index is 20.5. The fraction of sp³-hybridized carbons (Fsp3) is 0. The molecule has 0 saturated carbocycles. The van der Waals surface area contributed by atoms with Crippen molar-refractivity contribution in [3.05, 3.63) is 0 Å². The molecule has 4 nitrogen and oxygen atoms in total.